The summed E-state index contributed by atoms with van der Waals surface area (Å²) < 4.78 is 6.05. The van der Waals surface area contributed by atoms with Gasteiger partial charge in [0.05, 0.1) is 10.7 Å². The molecule has 0 fully saturated rings. The maximum atomic E-state index is 11.9. The van der Waals surface area contributed by atoms with Gasteiger partial charge in [-0.25, -0.2) is 0 Å². The Morgan fingerprint density at radius 3 is 2.86 bits per heavy atom. The minimum absolute atomic E-state index is 0.0376. The van der Waals surface area contributed by atoms with Crippen molar-refractivity contribution in [2.75, 3.05) is 19.4 Å². The Kier molecular flexibility index (Phi) is 6.67. The molecule has 1 aliphatic heterocycles. The minimum atomic E-state index is -0.0376. The number of hydrogen-bond donors (Lipinski definition) is 1. The Morgan fingerprint density at radius 1 is 1.34 bits per heavy atom. The van der Waals surface area contributed by atoms with Gasteiger partial charge in [0.25, 0.3) is 0 Å². The molecule has 1 aromatic heterocycles. The normalized spacial score (nSPS) is 14.1. The average Bonchev–Trinajstić information content (AvgIpc) is 2.71. The number of nitrogens with one attached hydrogen (secondary N) is 1. The molecular weight excluding hydrogens is 390 g/mol. The SMILES string of the molecule is CN(C)/C=C(\C=C(\Cl)C=O)c1cc2c(c(OCc3cccnc3)c1)NC(=O)CC2. The van der Waals surface area contributed by atoms with Gasteiger partial charge in [-0.1, -0.05) is 17.7 Å². The number of amides is 1. The number of fused-ring (bicyclic) bond motifs is 1. The van der Waals surface area contributed by atoms with E-state index in [0.29, 0.717) is 37.2 Å². The Balaban J connectivity index is 2.03. The molecule has 0 saturated carbocycles. The molecule has 2 aromatic rings. The summed E-state index contributed by atoms with van der Waals surface area (Å²) in [6.07, 6.45) is 8.55. The zero-order valence-electron chi connectivity index (χ0n) is 16.3. The molecule has 3 rings (SSSR count). The van der Waals surface area contributed by atoms with Crippen LogP contribution in [0, 0.1) is 0 Å². The molecule has 0 radical (unpaired) electrons. The van der Waals surface area contributed by atoms with Gasteiger partial charge in [0, 0.05) is 44.7 Å². The second-order valence-electron chi connectivity index (χ2n) is 6.90. The van der Waals surface area contributed by atoms with Crippen molar-refractivity contribution in [2.45, 2.75) is 19.4 Å². The number of hydrogen-bond acceptors (Lipinski definition) is 5. The van der Waals surface area contributed by atoms with Gasteiger partial charge in [-0.15, -0.1) is 0 Å². The highest BCUT2D eigenvalue weighted by molar-refractivity contribution is 6.39. The first-order valence-corrected chi connectivity index (χ1v) is 9.53. The van der Waals surface area contributed by atoms with Gasteiger partial charge in [-0.3, -0.25) is 14.6 Å². The summed E-state index contributed by atoms with van der Waals surface area (Å²) >= 11 is 5.98. The third-order valence-corrected chi connectivity index (χ3v) is 4.52. The van der Waals surface area contributed by atoms with Gasteiger partial charge in [-0.05, 0) is 47.4 Å². The van der Waals surface area contributed by atoms with Crippen LogP contribution in [-0.2, 0) is 22.6 Å². The molecule has 0 atom stereocenters. The third-order valence-electron chi connectivity index (χ3n) is 4.32. The number of aromatic nitrogens is 1. The number of rotatable bonds is 7. The number of ether oxygens (including phenoxy) is 1. The van der Waals surface area contributed by atoms with E-state index in [1.165, 1.54) is 0 Å². The van der Waals surface area contributed by atoms with Crippen LogP contribution >= 0.6 is 11.6 Å². The zero-order chi connectivity index (χ0) is 20.8. The maximum absolute atomic E-state index is 11.9. The van der Waals surface area contributed by atoms with E-state index in [1.807, 2.05) is 49.5 Å². The monoisotopic (exact) mass is 411 g/mol. The molecule has 0 aliphatic carbocycles. The summed E-state index contributed by atoms with van der Waals surface area (Å²) in [5, 5.41) is 3.02. The van der Waals surface area contributed by atoms with Crippen LogP contribution in [0.3, 0.4) is 0 Å². The molecule has 29 heavy (non-hydrogen) atoms. The van der Waals surface area contributed by atoms with Crippen molar-refractivity contribution in [1.82, 2.24) is 9.88 Å². The topological polar surface area (TPSA) is 71.5 Å². The van der Waals surface area contributed by atoms with Gasteiger partial charge >= 0.3 is 0 Å². The lowest BCUT2D eigenvalue weighted by atomic mass is 9.96. The second kappa shape index (κ2) is 9.39. The van der Waals surface area contributed by atoms with E-state index in [4.69, 9.17) is 16.3 Å². The second-order valence-corrected chi connectivity index (χ2v) is 7.34. The Bertz CT molecular complexity index is 969. The fraction of sp³-hybridized carbons (Fsp3) is 0.227. The third kappa shape index (κ3) is 5.45. The van der Waals surface area contributed by atoms with E-state index < -0.39 is 0 Å². The lowest BCUT2D eigenvalue weighted by molar-refractivity contribution is -0.116. The van der Waals surface area contributed by atoms with E-state index in [1.54, 1.807) is 18.5 Å². The predicted octanol–water partition coefficient (Wildman–Crippen LogP) is 3.77. The highest BCUT2D eigenvalue weighted by Crippen LogP contribution is 2.37. The van der Waals surface area contributed by atoms with Crippen LogP contribution in [0.25, 0.3) is 5.57 Å². The lowest BCUT2D eigenvalue weighted by Gasteiger charge is -2.22. The largest absolute Gasteiger partial charge is 0.487 e. The van der Waals surface area contributed by atoms with Crippen LogP contribution in [0.1, 0.15) is 23.1 Å². The van der Waals surface area contributed by atoms with Crippen molar-refractivity contribution in [2.24, 2.45) is 0 Å². The summed E-state index contributed by atoms with van der Waals surface area (Å²) in [4.78, 5) is 28.9. The van der Waals surface area contributed by atoms with Crippen molar-refractivity contribution in [3.8, 4) is 5.75 Å². The smallest absolute Gasteiger partial charge is 0.224 e. The number of nitrogens with zero attached hydrogens (tertiary/aromatic N) is 2. The quantitative estimate of drug-likeness (QED) is 0.426. The number of carbonyl (C=O) groups excluding carboxylic acids is 2. The Labute approximate surface area is 174 Å². The van der Waals surface area contributed by atoms with Crippen LogP contribution < -0.4 is 10.1 Å². The molecular formula is C22H22ClN3O3. The first-order valence-electron chi connectivity index (χ1n) is 9.15. The highest BCUT2D eigenvalue weighted by Gasteiger charge is 2.21. The molecule has 150 valence electrons. The number of pyridine rings is 1. The number of halogens is 1. The van der Waals surface area contributed by atoms with Crippen LogP contribution in [0.15, 0.2) is 54.0 Å². The van der Waals surface area contributed by atoms with Crippen LogP contribution in [0.2, 0.25) is 0 Å². The number of aryl methyl sites for hydroxylation is 1. The van der Waals surface area contributed by atoms with Gasteiger partial charge < -0.3 is 15.0 Å². The highest BCUT2D eigenvalue weighted by atomic mass is 35.5. The molecule has 0 spiro atoms. The molecule has 0 saturated heterocycles. The number of aldehydes is 1. The molecule has 2 heterocycles. The Hall–Kier alpha value is -3.12. The van der Waals surface area contributed by atoms with Gasteiger partial charge in [-0.2, -0.15) is 0 Å². The number of carbonyl (C=O) groups is 2. The van der Waals surface area contributed by atoms with E-state index in [-0.39, 0.29) is 10.9 Å². The van der Waals surface area contributed by atoms with E-state index in [0.717, 1.165) is 22.3 Å². The van der Waals surface area contributed by atoms with Crippen LogP contribution in [-0.4, -0.2) is 36.2 Å². The average molecular weight is 412 g/mol. The molecule has 1 aromatic carbocycles. The summed E-state index contributed by atoms with van der Waals surface area (Å²) in [5.74, 6) is 0.527. The molecule has 1 amide bonds. The van der Waals surface area contributed by atoms with Crippen molar-refractivity contribution in [1.29, 1.82) is 0 Å². The molecule has 1 aliphatic rings. The summed E-state index contributed by atoms with van der Waals surface area (Å²) in [6, 6.07) is 7.61. The van der Waals surface area contributed by atoms with E-state index in [2.05, 4.69) is 10.3 Å². The Morgan fingerprint density at radius 2 is 2.17 bits per heavy atom. The van der Waals surface area contributed by atoms with E-state index >= 15 is 0 Å². The summed E-state index contributed by atoms with van der Waals surface area (Å²) in [6.45, 7) is 0.317. The molecule has 7 heteroatoms. The van der Waals surface area contributed by atoms with Crippen LogP contribution in [0.5, 0.6) is 5.75 Å². The fourth-order valence-corrected chi connectivity index (χ4v) is 3.16. The van der Waals surface area contributed by atoms with Crippen molar-refractivity contribution in [3.05, 3.63) is 70.7 Å². The summed E-state index contributed by atoms with van der Waals surface area (Å²) in [5.41, 5.74) is 4.18. The molecule has 0 unspecified atom stereocenters. The maximum Gasteiger partial charge on any atom is 0.224 e. The minimum Gasteiger partial charge on any atom is -0.487 e. The number of anilines is 1. The first-order chi connectivity index (χ1) is 14.0. The lowest BCUT2D eigenvalue weighted by Crippen LogP contribution is -2.20. The van der Waals surface area contributed by atoms with Crippen molar-refractivity contribution in [3.63, 3.8) is 0 Å². The predicted molar refractivity (Wildman–Crippen MR) is 114 cm³/mol. The zero-order valence-corrected chi connectivity index (χ0v) is 17.1. The van der Waals surface area contributed by atoms with Gasteiger partial charge in [0.15, 0.2) is 6.29 Å². The number of allylic oxidation sites excluding steroid dienone is 3. The number of benzene rings is 1. The first kappa shape index (κ1) is 20.6. The van der Waals surface area contributed by atoms with Crippen molar-refractivity contribution < 1.29 is 14.3 Å². The van der Waals surface area contributed by atoms with Crippen LogP contribution in [0.4, 0.5) is 5.69 Å². The fourth-order valence-electron chi connectivity index (χ4n) is 3.04. The molecule has 0 bridgehead atoms. The summed E-state index contributed by atoms with van der Waals surface area (Å²) in [7, 11) is 3.78. The van der Waals surface area contributed by atoms with Gasteiger partial charge in [0.1, 0.15) is 12.4 Å². The molecule has 1 N–H and O–H groups in total. The van der Waals surface area contributed by atoms with E-state index in [9.17, 15) is 9.59 Å². The van der Waals surface area contributed by atoms with Crippen molar-refractivity contribution >= 4 is 35.1 Å². The van der Waals surface area contributed by atoms with Gasteiger partial charge in [0.2, 0.25) is 5.91 Å². The standard InChI is InChI=1S/C22H22ClN3O3/c1-26(2)12-18(9-19(23)13-27)17-8-16-5-6-21(28)25-22(16)20(10-17)29-14-15-4-3-7-24-11-15/h3-4,7-13H,5-6,14H2,1-2H3,(H,25,28)/b18-12+,19-9+. The molecule has 6 nitrogen and oxygen atoms in total.